The summed E-state index contributed by atoms with van der Waals surface area (Å²) in [5, 5.41) is 0. The second-order valence-corrected chi connectivity index (χ2v) is 9.35. The molecule has 1 aromatic carbocycles. The van der Waals surface area contributed by atoms with Crippen molar-refractivity contribution in [2.75, 3.05) is 6.61 Å². The minimum Gasteiger partial charge on any atom is -0.344 e. The van der Waals surface area contributed by atoms with E-state index in [0.717, 1.165) is 31.4 Å². The van der Waals surface area contributed by atoms with Gasteiger partial charge < -0.3 is 6.15 Å². The first-order valence-corrected chi connectivity index (χ1v) is 12.1. The molecule has 0 bridgehead atoms. The minimum atomic E-state index is -4.63. The Labute approximate surface area is 164 Å². The van der Waals surface area contributed by atoms with Gasteiger partial charge in [0.1, 0.15) is 9.79 Å². The zero-order valence-electron chi connectivity index (χ0n) is 16.1. The van der Waals surface area contributed by atoms with Crippen LogP contribution < -0.4 is 6.15 Å². The van der Waals surface area contributed by atoms with E-state index in [2.05, 4.69) is 6.92 Å². The normalized spacial score (nSPS) is 11.9. The number of hydrogen-bond donors (Lipinski definition) is 2. The van der Waals surface area contributed by atoms with Gasteiger partial charge in [-0.05, 0) is 18.6 Å². The van der Waals surface area contributed by atoms with Gasteiger partial charge in [-0.1, -0.05) is 76.8 Å². The highest BCUT2D eigenvalue weighted by Crippen LogP contribution is 2.22. The van der Waals surface area contributed by atoms with Crippen LogP contribution in [0.4, 0.5) is 0 Å². The molecular formula is C18H33NO6S2. The fraction of sp³-hybridized carbons (Fsp3) is 0.667. The summed E-state index contributed by atoms with van der Waals surface area (Å²) in [4.78, 5) is -1.20. The molecule has 0 saturated carbocycles. The lowest BCUT2D eigenvalue weighted by Crippen LogP contribution is -2.12. The lowest BCUT2D eigenvalue weighted by atomic mass is 10.1. The Balaban J connectivity index is 0.00000676. The molecule has 0 atom stereocenters. The summed E-state index contributed by atoms with van der Waals surface area (Å²) in [6, 6.07) is 4.86. The fourth-order valence-electron chi connectivity index (χ4n) is 2.69. The average Bonchev–Trinajstić information content (AvgIpc) is 2.59. The van der Waals surface area contributed by atoms with Crippen molar-refractivity contribution in [1.29, 1.82) is 0 Å². The van der Waals surface area contributed by atoms with Crippen molar-refractivity contribution in [1.82, 2.24) is 6.15 Å². The van der Waals surface area contributed by atoms with Gasteiger partial charge in [-0.2, -0.15) is 16.8 Å². The molecule has 0 spiro atoms. The monoisotopic (exact) mass is 423 g/mol. The van der Waals surface area contributed by atoms with Crippen LogP contribution in [0.2, 0.25) is 0 Å². The largest absolute Gasteiger partial charge is 0.344 e. The van der Waals surface area contributed by atoms with Gasteiger partial charge in [0.15, 0.2) is 0 Å². The van der Waals surface area contributed by atoms with E-state index >= 15 is 0 Å². The van der Waals surface area contributed by atoms with Crippen LogP contribution in [0.1, 0.15) is 71.1 Å². The van der Waals surface area contributed by atoms with Crippen LogP contribution in [0, 0.1) is 0 Å². The number of unbranched alkanes of at least 4 members (excludes halogenated alkanes) is 9. The fourth-order valence-corrected chi connectivity index (χ4v) is 4.91. The molecular weight excluding hydrogens is 390 g/mol. The Morgan fingerprint density at radius 1 is 0.778 bits per heavy atom. The minimum absolute atomic E-state index is 0. The highest BCUT2D eigenvalue weighted by molar-refractivity contribution is 7.89. The van der Waals surface area contributed by atoms with Gasteiger partial charge in [0.2, 0.25) is 0 Å². The Hall–Kier alpha value is -1.00. The summed E-state index contributed by atoms with van der Waals surface area (Å²) in [5.41, 5.74) is 0. The lowest BCUT2D eigenvalue weighted by molar-refractivity contribution is 0.305. The summed E-state index contributed by atoms with van der Waals surface area (Å²) >= 11 is 0. The molecule has 0 fully saturated rings. The summed E-state index contributed by atoms with van der Waals surface area (Å²) in [6.45, 7) is 2.20. The summed E-state index contributed by atoms with van der Waals surface area (Å²) in [7, 11) is -8.85. The molecule has 1 rings (SSSR count). The first-order valence-electron chi connectivity index (χ1n) is 9.25. The van der Waals surface area contributed by atoms with Crippen molar-refractivity contribution in [2.45, 2.75) is 80.9 Å². The third-order valence-electron chi connectivity index (χ3n) is 4.13. The Kier molecular flexibility index (Phi) is 12.7. The van der Waals surface area contributed by atoms with Gasteiger partial charge in [-0.15, -0.1) is 0 Å². The van der Waals surface area contributed by atoms with E-state index in [4.69, 9.17) is 8.74 Å². The molecule has 0 saturated heterocycles. The van der Waals surface area contributed by atoms with Gasteiger partial charge >= 0.3 is 0 Å². The SMILES string of the molecule is CCCCCCCCCCCCOS(=O)(=O)c1ccccc1S(=O)(=O)O.N. The van der Waals surface area contributed by atoms with Crippen LogP contribution in [-0.4, -0.2) is 28.0 Å². The summed E-state index contributed by atoms with van der Waals surface area (Å²) in [6.07, 6.45) is 11.2. The van der Waals surface area contributed by atoms with E-state index in [1.165, 1.54) is 50.7 Å². The van der Waals surface area contributed by atoms with Crippen LogP contribution in [0.15, 0.2) is 34.1 Å². The van der Waals surface area contributed by atoms with Gasteiger partial charge in [-0.25, -0.2) is 0 Å². The molecule has 9 heteroatoms. The molecule has 158 valence electrons. The maximum absolute atomic E-state index is 12.2. The number of hydrogen-bond acceptors (Lipinski definition) is 6. The lowest BCUT2D eigenvalue weighted by Gasteiger charge is -2.09. The van der Waals surface area contributed by atoms with Crippen molar-refractivity contribution in [3.05, 3.63) is 24.3 Å². The molecule has 0 aliphatic rings. The zero-order valence-corrected chi connectivity index (χ0v) is 17.7. The molecule has 7 nitrogen and oxygen atoms in total. The predicted molar refractivity (Wildman–Crippen MR) is 106 cm³/mol. The summed E-state index contributed by atoms with van der Waals surface area (Å²) in [5.74, 6) is 0. The van der Waals surface area contributed by atoms with Crippen LogP contribution in [0.3, 0.4) is 0 Å². The molecule has 4 N–H and O–H groups in total. The second kappa shape index (κ2) is 13.2. The standard InChI is InChI=1S/C18H30O6S2.H3N/c1-2-3-4-5-6-7-8-9-10-13-16-24-26(22,23)18-15-12-11-14-17(18)25(19,20)21;/h11-12,14-15H,2-10,13,16H2,1H3,(H,19,20,21);1H3. The van der Waals surface area contributed by atoms with Crippen molar-refractivity contribution in [3.63, 3.8) is 0 Å². The predicted octanol–water partition coefficient (Wildman–Crippen LogP) is 4.72. The van der Waals surface area contributed by atoms with E-state index in [-0.39, 0.29) is 12.8 Å². The van der Waals surface area contributed by atoms with E-state index in [1.807, 2.05) is 0 Å². The highest BCUT2D eigenvalue weighted by atomic mass is 32.2. The molecule has 0 heterocycles. The van der Waals surface area contributed by atoms with Gasteiger partial charge in [0, 0.05) is 0 Å². The topological polar surface area (TPSA) is 133 Å². The van der Waals surface area contributed by atoms with Crippen LogP contribution in [0.5, 0.6) is 0 Å². The zero-order chi connectivity index (χ0) is 19.5. The molecule has 0 aliphatic heterocycles. The average molecular weight is 424 g/mol. The van der Waals surface area contributed by atoms with E-state index in [0.29, 0.717) is 6.42 Å². The van der Waals surface area contributed by atoms with Gasteiger partial charge in [0.25, 0.3) is 20.2 Å². The Morgan fingerprint density at radius 2 is 1.22 bits per heavy atom. The van der Waals surface area contributed by atoms with E-state index < -0.39 is 30.0 Å². The molecule has 0 aliphatic carbocycles. The highest BCUT2D eigenvalue weighted by Gasteiger charge is 2.25. The molecule has 27 heavy (non-hydrogen) atoms. The first kappa shape index (κ1) is 26.0. The molecule has 1 aromatic rings. The van der Waals surface area contributed by atoms with Gasteiger partial charge in [-0.3, -0.25) is 8.74 Å². The molecule has 0 aromatic heterocycles. The Bertz CT molecular complexity index is 732. The molecule has 0 unspecified atom stereocenters. The van der Waals surface area contributed by atoms with E-state index in [1.54, 1.807) is 0 Å². The third kappa shape index (κ3) is 10.2. The quantitative estimate of drug-likeness (QED) is 0.251. The van der Waals surface area contributed by atoms with Crippen molar-refractivity contribution in [2.24, 2.45) is 0 Å². The number of rotatable bonds is 14. The van der Waals surface area contributed by atoms with Crippen molar-refractivity contribution >= 4 is 20.2 Å². The van der Waals surface area contributed by atoms with Crippen LogP contribution >= 0.6 is 0 Å². The van der Waals surface area contributed by atoms with Gasteiger partial charge in [0.05, 0.1) is 6.61 Å². The molecule has 0 amide bonds. The summed E-state index contributed by atoms with van der Waals surface area (Å²) < 4.78 is 61.0. The number of benzene rings is 1. The third-order valence-corrected chi connectivity index (χ3v) is 6.55. The van der Waals surface area contributed by atoms with Crippen molar-refractivity contribution in [3.8, 4) is 0 Å². The van der Waals surface area contributed by atoms with Crippen LogP contribution in [0.25, 0.3) is 0 Å². The Morgan fingerprint density at radius 3 is 1.70 bits per heavy atom. The van der Waals surface area contributed by atoms with E-state index in [9.17, 15) is 16.8 Å². The smallest absolute Gasteiger partial charge is 0.298 e. The first-order chi connectivity index (χ1) is 12.3. The maximum atomic E-state index is 12.2. The van der Waals surface area contributed by atoms with Crippen LogP contribution in [-0.2, 0) is 24.4 Å². The van der Waals surface area contributed by atoms with Crippen molar-refractivity contribution < 1.29 is 25.6 Å². The second-order valence-electron chi connectivity index (χ2n) is 6.38. The molecule has 0 radical (unpaired) electrons. The maximum Gasteiger partial charge on any atom is 0.298 e.